The van der Waals surface area contributed by atoms with E-state index < -0.39 is 0 Å². The number of hydrogen-bond acceptors (Lipinski definition) is 4. The summed E-state index contributed by atoms with van der Waals surface area (Å²) >= 11 is 3.28. The second-order valence-corrected chi connectivity index (χ2v) is 4.14. The summed E-state index contributed by atoms with van der Waals surface area (Å²) in [4.78, 5) is 19.5. The number of nitrogens with zero attached hydrogens (tertiary/aromatic N) is 2. The van der Waals surface area contributed by atoms with Crippen LogP contribution in [0.1, 0.15) is 10.5 Å². The first kappa shape index (κ1) is 11.5. The van der Waals surface area contributed by atoms with Crippen molar-refractivity contribution in [2.24, 2.45) is 0 Å². The van der Waals surface area contributed by atoms with Crippen molar-refractivity contribution < 1.29 is 4.79 Å². The molecule has 1 heterocycles. The Labute approximate surface area is 106 Å². The first-order valence-electron chi connectivity index (χ1n) is 4.79. The van der Waals surface area contributed by atoms with E-state index in [1.54, 1.807) is 18.2 Å². The second-order valence-electron chi connectivity index (χ2n) is 3.28. The number of halogens is 1. The van der Waals surface area contributed by atoms with Gasteiger partial charge in [-0.2, -0.15) is 0 Å². The fourth-order valence-electron chi connectivity index (χ4n) is 1.23. The molecule has 1 amide bonds. The van der Waals surface area contributed by atoms with Crippen LogP contribution in [0, 0.1) is 0 Å². The van der Waals surface area contributed by atoms with Gasteiger partial charge in [-0.25, -0.2) is 4.98 Å². The molecular weight excluding hydrogens is 284 g/mol. The zero-order valence-electron chi connectivity index (χ0n) is 8.72. The van der Waals surface area contributed by atoms with Gasteiger partial charge in [0.25, 0.3) is 5.91 Å². The number of nitrogens with one attached hydrogen (secondary N) is 1. The molecule has 5 nitrogen and oxygen atoms in total. The van der Waals surface area contributed by atoms with Crippen molar-refractivity contribution in [3.05, 3.63) is 47.0 Å². The zero-order chi connectivity index (χ0) is 12.3. The Bertz CT molecular complexity index is 544. The lowest BCUT2D eigenvalue weighted by atomic mass is 10.2. The third-order valence-electron chi connectivity index (χ3n) is 2.05. The van der Waals surface area contributed by atoms with Gasteiger partial charge in [-0.1, -0.05) is 0 Å². The van der Waals surface area contributed by atoms with Crippen molar-refractivity contribution in [3.63, 3.8) is 0 Å². The predicted molar refractivity (Wildman–Crippen MR) is 68.5 cm³/mol. The normalized spacial score (nSPS) is 9.94. The summed E-state index contributed by atoms with van der Waals surface area (Å²) in [5, 5.41) is 2.68. The van der Waals surface area contributed by atoms with Crippen LogP contribution >= 0.6 is 15.9 Å². The molecule has 3 N–H and O–H groups in total. The minimum atomic E-state index is -0.320. The van der Waals surface area contributed by atoms with Crippen molar-refractivity contribution in [1.82, 2.24) is 9.97 Å². The number of nitrogens with two attached hydrogens (primary N) is 1. The van der Waals surface area contributed by atoms with E-state index in [-0.39, 0.29) is 11.6 Å². The molecule has 0 bridgehead atoms. The van der Waals surface area contributed by atoms with E-state index in [0.29, 0.717) is 11.4 Å². The highest BCUT2D eigenvalue weighted by Gasteiger charge is 2.07. The largest absolute Gasteiger partial charge is 0.398 e. The molecule has 86 valence electrons. The Hall–Kier alpha value is -1.95. The highest BCUT2D eigenvalue weighted by Crippen LogP contribution is 2.23. The van der Waals surface area contributed by atoms with Gasteiger partial charge in [0.2, 0.25) is 0 Å². The summed E-state index contributed by atoms with van der Waals surface area (Å²) in [7, 11) is 0. The van der Waals surface area contributed by atoms with Crippen molar-refractivity contribution >= 4 is 33.2 Å². The van der Waals surface area contributed by atoms with Crippen LogP contribution in [0.2, 0.25) is 0 Å². The molecular formula is C11H9BrN4O. The lowest BCUT2D eigenvalue weighted by Crippen LogP contribution is -2.13. The summed E-state index contributed by atoms with van der Waals surface area (Å²) < 4.78 is 0.787. The molecule has 1 aromatic heterocycles. The minimum Gasteiger partial charge on any atom is -0.398 e. The van der Waals surface area contributed by atoms with E-state index in [1.165, 1.54) is 18.6 Å². The van der Waals surface area contributed by atoms with Gasteiger partial charge in [0.05, 0.1) is 6.20 Å². The number of anilines is 2. The van der Waals surface area contributed by atoms with E-state index in [1.807, 2.05) is 0 Å². The lowest BCUT2D eigenvalue weighted by Gasteiger charge is -2.06. The molecule has 0 radical (unpaired) electrons. The van der Waals surface area contributed by atoms with Gasteiger partial charge in [-0.15, -0.1) is 0 Å². The summed E-state index contributed by atoms with van der Waals surface area (Å²) in [6, 6.07) is 5.18. The van der Waals surface area contributed by atoms with Crippen LogP contribution in [0.3, 0.4) is 0 Å². The summed E-state index contributed by atoms with van der Waals surface area (Å²) in [6.07, 6.45) is 4.37. The molecule has 0 atom stereocenters. The molecule has 2 rings (SSSR count). The average molecular weight is 293 g/mol. The molecule has 0 aliphatic heterocycles. The fraction of sp³-hybridized carbons (Fsp3) is 0. The predicted octanol–water partition coefficient (Wildman–Crippen LogP) is 2.07. The van der Waals surface area contributed by atoms with Gasteiger partial charge in [0.15, 0.2) is 0 Å². The van der Waals surface area contributed by atoms with Gasteiger partial charge < -0.3 is 11.1 Å². The van der Waals surface area contributed by atoms with Crippen molar-refractivity contribution in [1.29, 1.82) is 0 Å². The first-order valence-corrected chi connectivity index (χ1v) is 5.58. The Kier molecular flexibility index (Phi) is 3.34. The maximum atomic E-state index is 11.7. The first-order chi connectivity index (χ1) is 8.16. The molecule has 6 heteroatoms. The van der Waals surface area contributed by atoms with Crippen LogP contribution in [0.15, 0.2) is 41.3 Å². The minimum absolute atomic E-state index is 0.258. The second kappa shape index (κ2) is 4.92. The van der Waals surface area contributed by atoms with Crippen LogP contribution in [0.25, 0.3) is 0 Å². The monoisotopic (exact) mass is 292 g/mol. The molecule has 1 aromatic carbocycles. The van der Waals surface area contributed by atoms with E-state index in [4.69, 9.17) is 5.73 Å². The number of amides is 1. The Balaban J connectivity index is 2.16. The third-order valence-corrected chi connectivity index (χ3v) is 2.77. The van der Waals surface area contributed by atoms with Gasteiger partial charge in [-0.3, -0.25) is 9.78 Å². The van der Waals surface area contributed by atoms with Crippen LogP contribution in [0.5, 0.6) is 0 Å². The molecule has 0 fully saturated rings. The highest BCUT2D eigenvalue weighted by atomic mass is 79.9. The molecule has 2 aromatic rings. The zero-order valence-corrected chi connectivity index (χ0v) is 10.3. The lowest BCUT2D eigenvalue weighted by molar-refractivity contribution is 0.102. The average Bonchev–Trinajstić information content (AvgIpc) is 2.35. The van der Waals surface area contributed by atoms with E-state index in [2.05, 4.69) is 31.2 Å². The van der Waals surface area contributed by atoms with E-state index in [9.17, 15) is 4.79 Å². The highest BCUT2D eigenvalue weighted by molar-refractivity contribution is 9.10. The number of carbonyl (C=O) groups is 1. The fourth-order valence-corrected chi connectivity index (χ4v) is 1.48. The number of rotatable bonds is 2. The summed E-state index contributed by atoms with van der Waals surface area (Å²) in [6.45, 7) is 0. The van der Waals surface area contributed by atoms with Gasteiger partial charge in [0.1, 0.15) is 5.69 Å². The van der Waals surface area contributed by atoms with Crippen LogP contribution in [-0.2, 0) is 0 Å². The van der Waals surface area contributed by atoms with Gasteiger partial charge >= 0.3 is 0 Å². The molecule has 0 spiro atoms. The smallest absolute Gasteiger partial charge is 0.275 e. The standard InChI is InChI=1S/C11H9BrN4O/c12-8-2-1-7(5-9(8)13)16-11(17)10-6-14-3-4-15-10/h1-6H,13H2,(H,16,17). The van der Waals surface area contributed by atoms with Gasteiger partial charge in [-0.05, 0) is 34.1 Å². The number of benzene rings is 1. The number of carbonyl (C=O) groups excluding carboxylic acids is 1. The molecule has 0 aliphatic rings. The quantitative estimate of drug-likeness (QED) is 0.831. The van der Waals surface area contributed by atoms with Crippen molar-refractivity contribution in [3.8, 4) is 0 Å². The Morgan fingerprint density at radius 3 is 2.82 bits per heavy atom. The molecule has 17 heavy (non-hydrogen) atoms. The molecule has 0 saturated heterocycles. The topological polar surface area (TPSA) is 80.9 Å². The van der Waals surface area contributed by atoms with Crippen LogP contribution in [0.4, 0.5) is 11.4 Å². The van der Waals surface area contributed by atoms with Crippen molar-refractivity contribution in [2.75, 3.05) is 11.1 Å². The number of aromatic nitrogens is 2. The van der Waals surface area contributed by atoms with Crippen molar-refractivity contribution in [2.45, 2.75) is 0 Å². The van der Waals surface area contributed by atoms with Crippen LogP contribution < -0.4 is 11.1 Å². The van der Waals surface area contributed by atoms with E-state index >= 15 is 0 Å². The Morgan fingerprint density at radius 1 is 1.35 bits per heavy atom. The maximum Gasteiger partial charge on any atom is 0.275 e. The maximum absolute atomic E-state index is 11.7. The molecule has 0 unspecified atom stereocenters. The number of hydrogen-bond donors (Lipinski definition) is 2. The third kappa shape index (κ3) is 2.79. The number of nitrogen functional groups attached to an aromatic ring is 1. The van der Waals surface area contributed by atoms with E-state index in [0.717, 1.165) is 4.47 Å². The Morgan fingerprint density at radius 2 is 2.18 bits per heavy atom. The SMILES string of the molecule is Nc1cc(NC(=O)c2cnccn2)ccc1Br. The van der Waals surface area contributed by atoms with Crippen LogP contribution in [-0.4, -0.2) is 15.9 Å². The summed E-state index contributed by atoms with van der Waals surface area (Å²) in [5.74, 6) is -0.320. The molecule has 0 aliphatic carbocycles. The molecule has 0 saturated carbocycles. The summed E-state index contributed by atoms with van der Waals surface area (Å²) in [5.41, 5.74) is 7.14. The van der Waals surface area contributed by atoms with Gasteiger partial charge in [0, 0.05) is 28.2 Å².